The molecule has 0 aliphatic carbocycles. The van der Waals surface area contributed by atoms with Gasteiger partial charge in [0.05, 0.1) is 6.42 Å². The van der Waals surface area contributed by atoms with E-state index in [1.807, 2.05) is 26.8 Å². The van der Waals surface area contributed by atoms with E-state index in [-0.39, 0.29) is 28.9 Å². The van der Waals surface area contributed by atoms with E-state index in [2.05, 4.69) is 17.6 Å². The number of unbranched alkanes of at least 4 members (excludes halogenated alkanes) is 1. The Balaban J connectivity index is 2.48. The smallest absolute Gasteiger partial charge is 0.325 e. The van der Waals surface area contributed by atoms with Crippen molar-refractivity contribution in [3.8, 4) is 0 Å². The van der Waals surface area contributed by atoms with Crippen LogP contribution in [0.1, 0.15) is 83.3 Å². The average Bonchev–Trinajstić information content (AvgIpc) is 2.78. The molecule has 4 nitrogen and oxygen atoms in total. The zero-order chi connectivity index (χ0) is 26.2. The Bertz CT molecular complexity index is 1010. The first-order valence-electron chi connectivity index (χ1n) is 12.4. The fraction of sp³-hybridized carbons (Fsp3) is 0.500. The third-order valence-corrected chi connectivity index (χ3v) is 6.27. The fourth-order valence-electron chi connectivity index (χ4n) is 4.64. The summed E-state index contributed by atoms with van der Waals surface area (Å²) in [4.78, 5) is 26.0. The standard InChI is InChI=1S/C28H37F3N2O2/c1-6-10-13-19(17-28(29,30)31)22(12-8-3)26(34)32-20-15-18(5)25-24(16-20)21(9-4)23(14-11-7-2)27(35)33-25/h8,10,12-13,15-16,21,23H,6-7,9,11,14,17H2,1-5H3,(H,32,34)(H,33,35)/b12-8-,13-10+,22-19-. The molecule has 1 aromatic carbocycles. The van der Waals surface area contributed by atoms with Crippen LogP contribution in [0.5, 0.6) is 0 Å². The Morgan fingerprint density at radius 1 is 1.14 bits per heavy atom. The highest BCUT2D eigenvalue weighted by atomic mass is 19.4. The van der Waals surface area contributed by atoms with Crippen molar-refractivity contribution >= 4 is 23.2 Å². The monoisotopic (exact) mass is 490 g/mol. The molecule has 7 heteroatoms. The highest BCUT2D eigenvalue weighted by Gasteiger charge is 2.35. The van der Waals surface area contributed by atoms with Gasteiger partial charge in [0.25, 0.3) is 5.91 Å². The highest BCUT2D eigenvalue weighted by Crippen LogP contribution is 2.43. The predicted octanol–water partition coefficient (Wildman–Crippen LogP) is 7.98. The molecule has 1 aromatic rings. The van der Waals surface area contributed by atoms with Gasteiger partial charge < -0.3 is 10.6 Å². The van der Waals surface area contributed by atoms with Crippen LogP contribution in [0, 0.1) is 12.8 Å². The molecular weight excluding hydrogens is 453 g/mol. The normalized spacial score (nSPS) is 19.0. The topological polar surface area (TPSA) is 58.2 Å². The van der Waals surface area contributed by atoms with E-state index < -0.39 is 18.5 Å². The zero-order valence-corrected chi connectivity index (χ0v) is 21.3. The number of carbonyl (C=O) groups is 2. The number of hydrogen-bond donors (Lipinski definition) is 2. The van der Waals surface area contributed by atoms with Gasteiger partial charge in [0.15, 0.2) is 0 Å². The van der Waals surface area contributed by atoms with Gasteiger partial charge >= 0.3 is 6.18 Å². The molecule has 0 saturated carbocycles. The summed E-state index contributed by atoms with van der Waals surface area (Å²) in [7, 11) is 0. The first kappa shape index (κ1) is 28.4. The number of nitrogens with one attached hydrogen (secondary N) is 2. The second-order valence-corrected chi connectivity index (χ2v) is 9.01. The van der Waals surface area contributed by atoms with E-state index >= 15 is 0 Å². The molecule has 0 saturated heterocycles. The zero-order valence-electron chi connectivity index (χ0n) is 21.3. The minimum atomic E-state index is -4.44. The number of amides is 2. The van der Waals surface area contributed by atoms with Gasteiger partial charge in [-0.3, -0.25) is 9.59 Å². The number of anilines is 2. The maximum absolute atomic E-state index is 13.2. The number of hydrogen-bond acceptors (Lipinski definition) is 2. The van der Waals surface area contributed by atoms with Gasteiger partial charge in [-0.25, -0.2) is 0 Å². The first-order valence-corrected chi connectivity index (χ1v) is 12.4. The summed E-state index contributed by atoms with van der Waals surface area (Å²) in [6, 6.07) is 3.60. The lowest BCUT2D eigenvalue weighted by Gasteiger charge is -2.34. The van der Waals surface area contributed by atoms with Crippen LogP contribution in [0.25, 0.3) is 0 Å². The van der Waals surface area contributed by atoms with Crippen molar-refractivity contribution < 1.29 is 22.8 Å². The largest absolute Gasteiger partial charge is 0.393 e. The van der Waals surface area contributed by atoms with E-state index in [0.29, 0.717) is 12.1 Å². The lowest BCUT2D eigenvalue weighted by Crippen LogP contribution is -2.34. The minimum Gasteiger partial charge on any atom is -0.325 e. The molecule has 2 unspecified atom stereocenters. The van der Waals surface area contributed by atoms with Gasteiger partial charge in [0.2, 0.25) is 5.91 Å². The summed E-state index contributed by atoms with van der Waals surface area (Å²) < 4.78 is 39.7. The molecule has 0 aromatic heterocycles. The summed E-state index contributed by atoms with van der Waals surface area (Å²) in [5, 5.41) is 5.85. The van der Waals surface area contributed by atoms with Crippen molar-refractivity contribution in [2.24, 2.45) is 5.92 Å². The van der Waals surface area contributed by atoms with Crippen molar-refractivity contribution in [1.82, 2.24) is 0 Å². The van der Waals surface area contributed by atoms with Crippen molar-refractivity contribution in [2.75, 3.05) is 10.6 Å². The molecule has 35 heavy (non-hydrogen) atoms. The molecule has 0 radical (unpaired) electrons. The second kappa shape index (κ2) is 12.8. The van der Waals surface area contributed by atoms with Gasteiger partial charge in [-0.05, 0) is 67.9 Å². The van der Waals surface area contributed by atoms with E-state index in [9.17, 15) is 22.8 Å². The van der Waals surface area contributed by atoms with Gasteiger partial charge in [-0.1, -0.05) is 57.9 Å². The quantitative estimate of drug-likeness (QED) is 0.258. The molecule has 2 rings (SSSR count). The Labute approximate surface area is 206 Å². The number of fused-ring (bicyclic) bond motifs is 1. The average molecular weight is 491 g/mol. The molecule has 2 N–H and O–H groups in total. The summed E-state index contributed by atoms with van der Waals surface area (Å²) in [5.74, 6) is -0.707. The summed E-state index contributed by atoms with van der Waals surface area (Å²) in [6.45, 7) is 9.48. The third-order valence-electron chi connectivity index (χ3n) is 6.27. The van der Waals surface area contributed by atoms with Crippen LogP contribution in [0.15, 0.2) is 47.6 Å². The molecule has 0 fully saturated rings. The molecule has 1 heterocycles. The van der Waals surface area contributed by atoms with Crippen molar-refractivity contribution in [3.63, 3.8) is 0 Å². The third kappa shape index (κ3) is 7.58. The molecular formula is C28H37F3N2O2. The van der Waals surface area contributed by atoms with E-state index in [0.717, 1.165) is 42.5 Å². The lowest BCUT2D eigenvalue weighted by atomic mass is 9.76. The number of allylic oxidation sites excluding steroid dienone is 4. The predicted molar refractivity (Wildman–Crippen MR) is 136 cm³/mol. The maximum atomic E-state index is 13.2. The van der Waals surface area contributed by atoms with Crippen molar-refractivity contribution in [3.05, 3.63) is 58.7 Å². The van der Waals surface area contributed by atoms with Crippen LogP contribution in [-0.4, -0.2) is 18.0 Å². The molecule has 2 amide bonds. The first-order chi connectivity index (χ1) is 16.6. The van der Waals surface area contributed by atoms with Crippen LogP contribution in [0.4, 0.5) is 24.5 Å². The second-order valence-electron chi connectivity index (χ2n) is 9.01. The molecule has 1 aliphatic rings. The fourth-order valence-corrected chi connectivity index (χ4v) is 4.64. The SMILES string of the molecule is C\C=C/C(C(=O)Nc1cc(C)c2c(c1)C(CC)C(CCCC)C(=O)N2)=C(\C=C\CC)CC(F)(F)F. The summed E-state index contributed by atoms with van der Waals surface area (Å²) in [5.41, 5.74) is 2.93. The number of carbonyl (C=O) groups excluding carboxylic acids is 2. The lowest BCUT2D eigenvalue weighted by molar-refractivity contribution is -0.126. The molecule has 2 atom stereocenters. The number of alkyl halides is 3. The highest BCUT2D eigenvalue weighted by molar-refractivity contribution is 6.07. The van der Waals surface area contributed by atoms with Crippen LogP contribution < -0.4 is 10.6 Å². The molecule has 192 valence electrons. The minimum absolute atomic E-state index is 0.0136. The molecule has 0 spiro atoms. The number of rotatable bonds is 10. The summed E-state index contributed by atoms with van der Waals surface area (Å²) in [6.07, 6.45) is 4.39. The summed E-state index contributed by atoms with van der Waals surface area (Å²) >= 11 is 0. The van der Waals surface area contributed by atoms with Crippen molar-refractivity contribution in [2.45, 2.75) is 85.2 Å². The van der Waals surface area contributed by atoms with E-state index in [4.69, 9.17) is 0 Å². The van der Waals surface area contributed by atoms with E-state index in [1.165, 1.54) is 12.2 Å². The Morgan fingerprint density at radius 2 is 1.86 bits per heavy atom. The number of benzene rings is 1. The molecule has 0 bridgehead atoms. The van der Waals surface area contributed by atoms with E-state index in [1.54, 1.807) is 25.1 Å². The van der Waals surface area contributed by atoms with Crippen molar-refractivity contribution in [1.29, 1.82) is 0 Å². The van der Waals surface area contributed by atoms with Crippen LogP contribution in [0.2, 0.25) is 0 Å². The Morgan fingerprint density at radius 3 is 2.43 bits per heavy atom. The Kier molecular flexibility index (Phi) is 10.3. The van der Waals surface area contributed by atoms with Gasteiger partial charge in [0, 0.05) is 22.9 Å². The van der Waals surface area contributed by atoms with Gasteiger partial charge in [-0.2, -0.15) is 13.2 Å². The van der Waals surface area contributed by atoms with Crippen LogP contribution in [-0.2, 0) is 9.59 Å². The molecule has 1 aliphatic heterocycles. The number of halogens is 3. The Hall–Kier alpha value is -2.83. The van der Waals surface area contributed by atoms with Crippen LogP contribution in [0.3, 0.4) is 0 Å². The maximum Gasteiger partial charge on any atom is 0.393 e. The van der Waals surface area contributed by atoms with Crippen LogP contribution >= 0.6 is 0 Å². The van der Waals surface area contributed by atoms with Gasteiger partial charge in [-0.15, -0.1) is 0 Å². The number of aryl methyl sites for hydroxylation is 1. The van der Waals surface area contributed by atoms with Gasteiger partial charge in [0.1, 0.15) is 0 Å².